The van der Waals surface area contributed by atoms with Crippen LogP contribution in [0.4, 0.5) is 0 Å². The average Bonchev–Trinajstić information content (AvgIpc) is 3.98. The van der Waals surface area contributed by atoms with Crippen LogP contribution >= 0.6 is 7.77 Å². The van der Waals surface area contributed by atoms with E-state index in [0.717, 1.165) is 37.4 Å². The molecule has 2 aliphatic heterocycles. The number of benzene rings is 5. The Morgan fingerprint density at radius 2 is 1.54 bits per heavy atom. The van der Waals surface area contributed by atoms with Crippen molar-refractivity contribution in [3.63, 3.8) is 0 Å². The maximum Gasteiger partial charge on any atom is 0.297 e. The van der Waals surface area contributed by atoms with Gasteiger partial charge in [0.2, 0.25) is 0 Å². The summed E-state index contributed by atoms with van der Waals surface area (Å²) >= 11 is 0. The highest BCUT2D eigenvalue weighted by Gasteiger charge is 2.57. The largest absolute Gasteiger partial charge is 0.309 e. The Hall–Kier alpha value is -6.05. The second kappa shape index (κ2) is 12.1. The standard InChI is InChI=1S/C58H45NOP/c1-57(2)44-23-8-6-17-38(44)39-30-29-35(33-49(39)57)36-19-13-25-46-52(36)53-47(32-31-43-42-22-12-20-37(34-15-4-3-5-16-34)55(42)61(60)56(43)53)58(46)45-24-9-11-28-51(45)59-50-27-10-7-18-40(50)41-21-14-26-48(58)54(41)59/h3-6,8-12,14-17,19-24,26-32,37,49,60H,7,13,18,25,33H2,1-2H3/q+1. The Morgan fingerprint density at radius 1 is 0.721 bits per heavy atom. The zero-order valence-electron chi connectivity index (χ0n) is 34.5. The summed E-state index contributed by atoms with van der Waals surface area (Å²) in [6.45, 7) is 4.92. The number of aromatic nitrogens is 1. The van der Waals surface area contributed by atoms with Gasteiger partial charge >= 0.3 is 0 Å². The number of rotatable bonds is 2. The smallest absolute Gasteiger partial charge is 0.297 e. The maximum absolute atomic E-state index is 13.2. The van der Waals surface area contributed by atoms with Crippen molar-refractivity contribution in [1.82, 2.24) is 4.57 Å². The predicted molar refractivity (Wildman–Crippen MR) is 255 cm³/mol. The Labute approximate surface area is 358 Å². The molecule has 1 spiro atoms. The molecule has 0 fully saturated rings. The van der Waals surface area contributed by atoms with Crippen molar-refractivity contribution in [2.45, 2.75) is 62.7 Å². The number of aryl methyl sites for hydroxylation is 1. The molecule has 14 rings (SSSR count). The van der Waals surface area contributed by atoms with Crippen LogP contribution in [0.1, 0.15) is 101 Å². The zero-order chi connectivity index (χ0) is 40.4. The molecule has 0 bridgehead atoms. The van der Waals surface area contributed by atoms with Gasteiger partial charge in [-0.3, -0.25) is 0 Å². The third-order valence-electron chi connectivity index (χ3n) is 16.0. The van der Waals surface area contributed by atoms with Crippen molar-refractivity contribution in [3.05, 3.63) is 224 Å². The van der Waals surface area contributed by atoms with E-state index in [0.29, 0.717) is 5.92 Å². The van der Waals surface area contributed by atoms with Gasteiger partial charge in [0.05, 0.1) is 22.5 Å². The highest BCUT2D eigenvalue weighted by Crippen LogP contribution is 2.66. The summed E-state index contributed by atoms with van der Waals surface area (Å²) < 4.78 is 2.60. The van der Waals surface area contributed by atoms with E-state index in [1.807, 2.05) is 0 Å². The predicted octanol–water partition coefficient (Wildman–Crippen LogP) is 13.0. The first-order valence-corrected chi connectivity index (χ1v) is 23.6. The second-order valence-electron chi connectivity index (χ2n) is 18.9. The van der Waals surface area contributed by atoms with Gasteiger partial charge in [0.25, 0.3) is 7.77 Å². The van der Waals surface area contributed by atoms with Crippen LogP contribution < -0.4 is 5.30 Å². The number of para-hydroxylation sites is 2. The third kappa shape index (κ3) is 4.17. The van der Waals surface area contributed by atoms with Crippen LogP contribution in [0.15, 0.2) is 168 Å². The van der Waals surface area contributed by atoms with E-state index >= 15 is 0 Å². The molecule has 1 N–H and O–H groups in total. The van der Waals surface area contributed by atoms with E-state index in [9.17, 15) is 4.89 Å². The minimum Gasteiger partial charge on any atom is -0.309 e. The van der Waals surface area contributed by atoms with Crippen molar-refractivity contribution in [3.8, 4) is 5.69 Å². The minimum absolute atomic E-state index is 0.0268. The van der Waals surface area contributed by atoms with Crippen LogP contribution in [0.25, 0.3) is 39.4 Å². The first-order valence-electron chi connectivity index (χ1n) is 22.3. The van der Waals surface area contributed by atoms with E-state index in [1.165, 1.54) is 111 Å². The first kappa shape index (κ1) is 34.6. The molecule has 8 aliphatic rings. The van der Waals surface area contributed by atoms with Gasteiger partial charge in [-0.25, -0.2) is 0 Å². The summed E-state index contributed by atoms with van der Waals surface area (Å²) in [5.74, 6) is 0.435. The lowest BCUT2D eigenvalue weighted by atomic mass is 9.63. The lowest BCUT2D eigenvalue weighted by Gasteiger charge is -2.42. The molecule has 292 valence electrons. The normalized spacial score (nSPS) is 24.6. The Bertz CT molecular complexity index is 3310. The minimum atomic E-state index is -1.64. The van der Waals surface area contributed by atoms with E-state index in [4.69, 9.17) is 0 Å². The molecule has 4 unspecified atom stereocenters. The van der Waals surface area contributed by atoms with E-state index in [-0.39, 0.29) is 11.3 Å². The molecule has 2 nitrogen and oxygen atoms in total. The molecule has 6 aromatic rings. The lowest BCUT2D eigenvalue weighted by molar-refractivity contribution is 0.409. The van der Waals surface area contributed by atoms with Gasteiger partial charge in [0.1, 0.15) is 0 Å². The third-order valence-corrected chi connectivity index (χ3v) is 17.8. The van der Waals surface area contributed by atoms with Gasteiger partial charge in [0.15, 0.2) is 10.6 Å². The van der Waals surface area contributed by atoms with Gasteiger partial charge in [-0.2, -0.15) is 4.89 Å². The Balaban J connectivity index is 1.08. The summed E-state index contributed by atoms with van der Waals surface area (Å²) in [7, 11) is -1.64. The van der Waals surface area contributed by atoms with Crippen LogP contribution in [0.2, 0.25) is 0 Å². The fourth-order valence-electron chi connectivity index (χ4n) is 13.5. The summed E-state index contributed by atoms with van der Waals surface area (Å²) in [6, 6.07) is 41.3. The molecule has 61 heavy (non-hydrogen) atoms. The molecule has 3 heterocycles. The SMILES string of the molecule is CC1(C)c2ccccc2C2=CC=C(C3=CCCC4=C3c3c(ccc5c3[P+](O)=C3C5=CC=CC3c3ccccc3)C43c4ccccc4-n4c5c(c6cccc3c64)CCC=C5)CC21. The van der Waals surface area contributed by atoms with Crippen molar-refractivity contribution < 1.29 is 4.89 Å². The molecule has 0 amide bonds. The molecule has 6 aliphatic carbocycles. The van der Waals surface area contributed by atoms with E-state index in [1.54, 1.807) is 0 Å². The zero-order valence-corrected chi connectivity index (χ0v) is 35.4. The molecule has 1 aromatic heterocycles. The molecule has 3 heteroatoms. The average molecular weight is 803 g/mol. The fourth-order valence-corrected chi connectivity index (χ4v) is 15.5. The maximum atomic E-state index is 13.2. The number of nitrogens with zero attached hydrogens (tertiary/aromatic N) is 1. The summed E-state index contributed by atoms with van der Waals surface area (Å²) in [6.07, 6.45) is 24.1. The van der Waals surface area contributed by atoms with Crippen LogP contribution in [0, 0.1) is 5.92 Å². The van der Waals surface area contributed by atoms with E-state index in [2.05, 4.69) is 176 Å². The quantitative estimate of drug-likeness (QED) is 0.173. The van der Waals surface area contributed by atoms with Crippen molar-refractivity contribution in [2.24, 2.45) is 5.92 Å². The van der Waals surface area contributed by atoms with Crippen molar-refractivity contribution in [2.75, 3.05) is 0 Å². The summed E-state index contributed by atoms with van der Waals surface area (Å²) in [4.78, 5) is 13.2. The molecule has 5 aromatic carbocycles. The topological polar surface area (TPSA) is 25.2 Å². The highest BCUT2D eigenvalue weighted by molar-refractivity contribution is 7.64. The first-order chi connectivity index (χ1) is 30.0. The van der Waals surface area contributed by atoms with Gasteiger partial charge < -0.3 is 4.57 Å². The van der Waals surface area contributed by atoms with E-state index < -0.39 is 13.2 Å². The lowest BCUT2D eigenvalue weighted by Crippen LogP contribution is -2.35. The van der Waals surface area contributed by atoms with Gasteiger partial charge in [-0.05, 0) is 128 Å². The molecule has 4 atom stereocenters. The molecule has 0 saturated carbocycles. The van der Waals surface area contributed by atoms with Crippen molar-refractivity contribution >= 4 is 52.1 Å². The number of hydrogen-bond acceptors (Lipinski definition) is 1. The Kier molecular flexibility index (Phi) is 6.85. The number of hydrogen-bond donors (Lipinski definition) is 1. The molecule has 0 saturated heterocycles. The Morgan fingerprint density at radius 3 is 2.44 bits per heavy atom. The van der Waals surface area contributed by atoms with Gasteiger partial charge in [-0.15, -0.1) is 0 Å². The van der Waals surface area contributed by atoms with Crippen molar-refractivity contribution in [1.29, 1.82) is 0 Å². The van der Waals surface area contributed by atoms with Crippen LogP contribution in [0.3, 0.4) is 0 Å². The number of fused-ring (bicyclic) bond motifs is 18. The van der Waals surface area contributed by atoms with Crippen LogP contribution in [-0.4, -0.2) is 14.8 Å². The fraction of sp³-hybridized carbons (Fsp3) is 0.190. The van der Waals surface area contributed by atoms with Gasteiger partial charge in [0, 0.05) is 27.8 Å². The molecular formula is C58H45NOP+. The summed E-state index contributed by atoms with van der Waals surface area (Å²) in [5, 5.41) is 3.72. The molecule has 0 radical (unpaired) electrons. The monoisotopic (exact) mass is 802 g/mol. The second-order valence-corrected chi connectivity index (χ2v) is 20.4. The summed E-state index contributed by atoms with van der Waals surface area (Å²) in [5.41, 5.74) is 24.1. The van der Waals surface area contributed by atoms with Crippen LogP contribution in [0.5, 0.6) is 0 Å². The molecular weight excluding hydrogens is 758 g/mol. The highest BCUT2D eigenvalue weighted by atomic mass is 31.1. The van der Waals surface area contributed by atoms with Gasteiger partial charge in [-0.1, -0.05) is 153 Å². The number of allylic oxidation sites excluding steroid dienone is 13. The van der Waals surface area contributed by atoms with Crippen LogP contribution in [-0.2, 0) is 17.3 Å².